The fourth-order valence-electron chi connectivity index (χ4n) is 2.09. The lowest BCUT2D eigenvalue weighted by Gasteiger charge is -2.29. The molecule has 1 aromatic carbocycles. The molecule has 1 aliphatic rings. The Morgan fingerprint density at radius 1 is 1.35 bits per heavy atom. The number of rotatable bonds is 2. The summed E-state index contributed by atoms with van der Waals surface area (Å²) in [4.78, 5) is 13.5. The molecular formula is C12H15NO3S. The van der Waals surface area contributed by atoms with Gasteiger partial charge < -0.3 is 4.90 Å². The summed E-state index contributed by atoms with van der Waals surface area (Å²) in [5, 5.41) is 0. The minimum absolute atomic E-state index is 0.334. The second-order valence-electron chi connectivity index (χ2n) is 4.35. The van der Waals surface area contributed by atoms with Crippen molar-refractivity contribution in [2.45, 2.75) is 12.8 Å². The molecule has 0 saturated carbocycles. The van der Waals surface area contributed by atoms with Gasteiger partial charge in [0.05, 0.1) is 0 Å². The number of sulfone groups is 1. The summed E-state index contributed by atoms with van der Waals surface area (Å²) in [5.74, 6) is -0.749. The molecule has 92 valence electrons. The van der Waals surface area contributed by atoms with E-state index in [0.29, 0.717) is 6.54 Å². The highest BCUT2D eigenvalue weighted by molar-refractivity contribution is 7.91. The van der Waals surface area contributed by atoms with Gasteiger partial charge in [-0.15, -0.1) is 0 Å². The number of benzene rings is 1. The predicted octanol–water partition coefficient (Wildman–Crippen LogP) is 1.01. The number of fused-ring (bicyclic) bond motifs is 1. The van der Waals surface area contributed by atoms with Gasteiger partial charge in [-0.05, 0) is 24.5 Å². The van der Waals surface area contributed by atoms with Crippen LogP contribution in [0.4, 0.5) is 5.69 Å². The monoisotopic (exact) mass is 253 g/mol. The van der Waals surface area contributed by atoms with Crippen LogP contribution in [0.3, 0.4) is 0 Å². The van der Waals surface area contributed by atoms with Crippen molar-refractivity contribution in [3.63, 3.8) is 0 Å². The van der Waals surface area contributed by atoms with Gasteiger partial charge in [-0.3, -0.25) is 4.79 Å². The Morgan fingerprint density at radius 3 is 2.76 bits per heavy atom. The molecule has 0 fully saturated rings. The van der Waals surface area contributed by atoms with Crippen LogP contribution in [0.5, 0.6) is 0 Å². The Balaban J connectivity index is 2.27. The van der Waals surface area contributed by atoms with Crippen molar-refractivity contribution in [1.82, 2.24) is 0 Å². The van der Waals surface area contributed by atoms with Crippen LogP contribution in [0.25, 0.3) is 0 Å². The molecule has 0 unspecified atom stereocenters. The van der Waals surface area contributed by atoms with Gasteiger partial charge >= 0.3 is 0 Å². The maximum atomic E-state index is 11.9. The number of anilines is 1. The first-order valence-electron chi connectivity index (χ1n) is 5.53. The molecule has 1 aromatic rings. The molecule has 0 atom stereocenters. The highest BCUT2D eigenvalue weighted by Crippen LogP contribution is 2.26. The molecule has 2 rings (SSSR count). The van der Waals surface area contributed by atoms with Crippen molar-refractivity contribution in [1.29, 1.82) is 0 Å². The predicted molar refractivity (Wildman–Crippen MR) is 66.8 cm³/mol. The van der Waals surface area contributed by atoms with Crippen molar-refractivity contribution in [3.05, 3.63) is 29.8 Å². The van der Waals surface area contributed by atoms with E-state index in [9.17, 15) is 13.2 Å². The third-order valence-corrected chi connectivity index (χ3v) is 3.57. The molecule has 17 heavy (non-hydrogen) atoms. The van der Waals surface area contributed by atoms with Gasteiger partial charge in [0.2, 0.25) is 5.91 Å². The quantitative estimate of drug-likeness (QED) is 0.790. The molecule has 0 aliphatic carbocycles. The largest absolute Gasteiger partial charge is 0.311 e. The number of para-hydroxylation sites is 1. The fourth-order valence-corrected chi connectivity index (χ4v) is 2.70. The van der Waals surface area contributed by atoms with Gasteiger partial charge in [0, 0.05) is 18.5 Å². The lowest BCUT2D eigenvalue weighted by molar-refractivity contribution is -0.116. The summed E-state index contributed by atoms with van der Waals surface area (Å²) in [6, 6.07) is 7.65. The average molecular weight is 253 g/mol. The first-order valence-corrected chi connectivity index (χ1v) is 7.59. The molecule has 1 aliphatic heterocycles. The van der Waals surface area contributed by atoms with Crippen LogP contribution >= 0.6 is 0 Å². The van der Waals surface area contributed by atoms with Crippen molar-refractivity contribution in [2.24, 2.45) is 0 Å². The summed E-state index contributed by atoms with van der Waals surface area (Å²) in [5.41, 5.74) is 1.97. The molecule has 0 N–H and O–H groups in total. The van der Waals surface area contributed by atoms with Crippen molar-refractivity contribution < 1.29 is 13.2 Å². The van der Waals surface area contributed by atoms with E-state index in [1.165, 1.54) is 0 Å². The number of nitrogens with zero attached hydrogens (tertiary/aromatic N) is 1. The van der Waals surface area contributed by atoms with Crippen LogP contribution in [-0.2, 0) is 21.1 Å². The topological polar surface area (TPSA) is 54.5 Å². The molecular weight excluding hydrogens is 238 g/mol. The van der Waals surface area contributed by atoms with Crippen molar-refractivity contribution in [3.8, 4) is 0 Å². The zero-order valence-electron chi connectivity index (χ0n) is 9.72. The lowest BCUT2D eigenvalue weighted by atomic mass is 10.0. The van der Waals surface area contributed by atoms with Crippen LogP contribution in [0.1, 0.15) is 12.0 Å². The minimum atomic E-state index is -3.27. The van der Waals surface area contributed by atoms with E-state index in [4.69, 9.17) is 0 Å². The Labute approximate surface area is 101 Å². The Hall–Kier alpha value is -1.36. The number of carbonyl (C=O) groups is 1. The maximum absolute atomic E-state index is 11.9. The first kappa shape index (κ1) is 12.1. The van der Waals surface area contributed by atoms with Gasteiger partial charge in [0.1, 0.15) is 5.75 Å². The molecule has 0 saturated heterocycles. The number of hydrogen-bond acceptors (Lipinski definition) is 3. The number of carbonyl (C=O) groups excluding carboxylic acids is 1. The normalized spacial score (nSPS) is 15.5. The van der Waals surface area contributed by atoms with Gasteiger partial charge in [0.15, 0.2) is 9.84 Å². The van der Waals surface area contributed by atoms with E-state index in [2.05, 4.69) is 0 Å². The second kappa shape index (κ2) is 4.49. The SMILES string of the molecule is CS(=O)(=O)CC(=O)N1CCCc2ccccc21. The van der Waals surface area contributed by atoms with E-state index >= 15 is 0 Å². The Bertz CT molecular complexity index is 536. The highest BCUT2D eigenvalue weighted by atomic mass is 32.2. The average Bonchev–Trinajstić information content (AvgIpc) is 2.26. The molecule has 0 bridgehead atoms. The summed E-state index contributed by atoms with van der Waals surface area (Å²) >= 11 is 0. The third-order valence-electron chi connectivity index (χ3n) is 2.80. The summed E-state index contributed by atoms with van der Waals surface area (Å²) in [6.45, 7) is 0.603. The van der Waals surface area contributed by atoms with Crippen LogP contribution in [-0.4, -0.2) is 32.9 Å². The summed E-state index contributed by atoms with van der Waals surface area (Å²) < 4.78 is 22.3. The van der Waals surface area contributed by atoms with E-state index in [1.54, 1.807) is 4.90 Å². The zero-order valence-corrected chi connectivity index (χ0v) is 10.5. The number of aryl methyl sites for hydroxylation is 1. The molecule has 0 radical (unpaired) electrons. The molecule has 0 aromatic heterocycles. The van der Waals surface area contributed by atoms with Crippen molar-refractivity contribution in [2.75, 3.05) is 23.5 Å². The maximum Gasteiger partial charge on any atom is 0.242 e. The minimum Gasteiger partial charge on any atom is -0.311 e. The summed E-state index contributed by atoms with van der Waals surface area (Å²) in [7, 11) is -3.27. The van der Waals surface area contributed by atoms with E-state index in [-0.39, 0.29) is 5.91 Å². The van der Waals surface area contributed by atoms with E-state index in [1.807, 2.05) is 24.3 Å². The van der Waals surface area contributed by atoms with Crippen LogP contribution in [0, 0.1) is 0 Å². The zero-order chi connectivity index (χ0) is 12.5. The van der Waals surface area contributed by atoms with Gasteiger partial charge in [-0.25, -0.2) is 8.42 Å². The highest BCUT2D eigenvalue weighted by Gasteiger charge is 2.24. The smallest absolute Gasteiger partial charge is 0.242 e. The second-order valence-corrected chi connectivity index (χ2v) is 6.49. The van der Waals surface area contributed by atoms with Crippen LogP contribution < -0.4 is 4.90 Å². The first-order chi connectivity index (χ1) is 7.97. The van der Waals surface area contributed by atoms with Gasteiger partial charge in [-0.1, -0.05) is 18.2 Å². The van der Waals surface area contributed by atoms with Crippen LogP contribution in [0.15, 0.2) is 24.3 Å². The molecule has 1 amide bonds. The fraction of sp³-hybridized carbons (Fsp3) is 0.417. The van der Waals surface area contributed by atoms with E-state index < -0.39 is 15.6 Å². The Morgan fingerprint density at radius 2 is 2.06 bits per heavy atom. The molecule has 1 heterocycles. The van der Waals surface area contributed by atoms with E-state index in [0.717, 1.165) is 30.3 Å². The third kappa shape index (κ3) is 2.85. The van der Waals surface area contributed by atoms with Crippen molar-refractivity contribution >= 4 is 21.4 Å². The standard InChI is InChI=1S/C12H15NO3S/c1-17(15,16)9-12(14)13-8-4-6-10-5-2-3-7-11(10)13/h2-3,5,7H,4,6,8-9H2,1H3. The van der Waals surface area contributed by atoms with Gasteiger partial charge in [-0.2, -0.15) is 0 Å². The number of hydrogen-bond donors (Lipinski definition) is 0. The molecule has 5 heteroatoms. The van der Waals surface area contributed by atoms with Crippen LogP contribution in [0.2, 0.25) is 0 Å². The number of amides is 1. The summed E-state index contributed by atoms with van der Waals surface area (Å²) in [6.07, 6.45) is 2.91. The molecule has 4 nitrogen and oxygen atoms in total. The van der Waals surface area contributed by atoms with Gasteiger partial charge in [0.25, 0.3) is 0 Å². The lowest BCUT2D eigenvalue weighted by Crippen LogP contribution is -2.39. The Kier molecular flexibility index (Phi) is 3.19. The molecule has 0 spiro atoms.